The minimum Gasteiger partial charge on any atom is -0.367 e. The molecule has 0 saturated heterocycles. The van der Waals surface area contributed by atoms with Crippen molar-refractivity contribution in [2.75, 3.05) is 23.8 Å². The van der Waals surface area contributed by atoms with E-state index < -0.39 is 15.2 Å². The molecule has 50 heavy (non-hydrogen) atoms. The fourth-order valence-electron chi connectivity index (χ4n) is 6.29. The van der Waals surface area contributed by atoms with Crippen LogP contribution in [0.5, 0.6) is 0 Å². The molecule has 12 nitrogen and oxygen atoms in total. The molecule has 2 fully saturated rings. The molecule has 0 amide bonds. The molecule has 0 aliphatic heterocycles. The summed E-state index contributed by atoms with van der Waals surface area (Å²) < 4.78 is 35.1. The van der Waals surface area contributed by atoms with Crippen molar-refractivity contribution in [2.45, 2.75) is 91.1 Å². The summed E-state index contributed by atoms with van der Waals surface area (Å²) in [6.07, 6.45) is 13.2. The van der Waals surface area contributed by atoms with Gasteiger partial charge in [-0.15, -0.1) is 0 Å². The van der Waals surface area contributed by atoms with Crippen LogP contribution in [0.1, 0.15) is 76.9 Å². The first-order valence-corrected chi connectivity index (χ1v) is 20.5. The van der Waals surface area contributed by atoms with E-state index in [0.29, 0.717) is 36.4 Å². The molecule has 2 aliphatic rings. The highest BCUT2D eigenvalue weighted by atomic mass is 31.2. The van der Waals surface area contributed by atoms with Crippen LogP contribution in [0.15, 0.2) is 60.9 Å². The standard InChI is InChI=1S/C20H28N3O3P.C16H20N3O3P/c1-4-25-27(24,26-5-2)18-12-10-16(11-13-18)19-14-21-15(3)22-20(19)23-17-8-6-7-9-17;1-11-17-10-15(16(18-11)19-13-4-2-3-5-13)12-6-8-14(9-7-12)23(20,21)22/h10-14,17H,4-9H2,1-3H3,(H,21,22,23);6-10,13H,2-5H2,1H3,(H,17,18,19)(H2,20,21,22). The number of rotatable bonds is 12. The lowest BCUT2D eigenvalue weighted by molar-refractivity contribution is 0.230. The Bertz CT molecular complexity index is 1800. The van der Waals surface area contributed by atoms with Crippen LogP contribution < -0.4 is 21.2 Å². The molecular formula is C36H48N6O6P2. The van der Waals surface area contributed by atoms with E-state index in [9.17, 15) is 18.9 Å². The van der Waals surface area contributed by atoms with Crippen LogP contribution in [0.25, 0.3) is 22.3 Å². The molecule has 0 spiro atoms. The Labute approximate surface area is 294 Å². The van der Waals surface area contributed by atoms with E-state index in [2.05, 4.69) is 30.6 Å². The molecule has 0 radical (unpaired) electrons. The van der Waals surface area contributed by atoms with Crippen molar-refractivity contribution in [1.82, 2.24) is 19.9 Å². The number of nitrogens with one attached hydrogen (secondary N) is 2. The maximum Gasteiger partial charge on any atom is 0.361 e. The minimum absolute atomic E-state index is 0.0135. The Morgan fingerprint density at radius 3 is 1.40 bits per heavy atom. The van der Waals surface area contributed by atoms with Crippen molar-refractivity contribution in [3.8, 4) is 22.3 Å². The molecule has 0 bridgehead atoms. The zero-order valence-corrected chi connectivity index (χ0v) is 31.0. The lowest BCUT2D eigenvalue weighted by Gasteiger charge is -2.18. The van der Waals surface area contributed by atoms with Crippen molar-refractivity contribution >= 4 is 37.4 Å². The van der Waals surface area contributed by atoms with E-state index in [4.69, 9.17) is 9.05 Å². The van der Waals surface area contributed by atoms with Crippen LogP contribution in [-0.4, -0.2) is 55.0 Å². The van der Waals surface area contributed by atoms with E-state index in [-0.39, 0.29) is 5.30 Å². The zero-order valence-electron chi connectivity index (χ0n) is 29.2. The Balaban J connectivity index is 0.000000197. The van der Waals surface area contributed by atoms with Crippen LogP contribution in [0.3, 0.4) is 0 Å². The van der Waals surface area contributed by atoms with Crippen LogP contribution in [0.2, 0.25) is 0 Å². The van der Waals surface area contributed by atoms with Crippen molar-refractivity contribution in [3.63, 3.8) is 0 Å². The Kier molecular flexibility index (Phi) is 12.9. The third-order valence-electron chi connectivity index (χ3n) is 8.82. The van der Waals surface area contributed by atoms with Gasteiger partial charge in [-0.1, -0.05) is 49.9 Å². The fraction of sp³-hybridized carbons (Fsp3) is 0.444. The topological polar surface area (TPSA) is 169 Å². The number of aryl methyl sites for hydroxylation is 2. The van der Waals surface area contributed by atoms with E-state index in [1.54, 1.807) is 30.5 Å². The predicted octanol–water partition coefficient (Wildman–Crippen LogP) is 7.31. The van der Waals surface area contributed by atoms with E-state index in [0.717, 1.165) is 52.6 Å². The lowest BCUT2D eigenvalue weighted by Crippen LogP contribution is -2.17. The summed E-state index contributed by atoms with van der Waals surface area (Å²) in [7, 11) is -7.49. The number of hydrogen-bond donors (Lipinski definition) is 4. The molecule has 2 aromatic heterocycles. The van der Waals surface area contributed by atoms with Gasteiger partial charge in [-0.2, -0.15) is 0 Å². The zero-order chi connectivity index (χ0) is 35.7. The average Bonchev–Trinajstić information content (AvgIpc) is 3.80. The van der Waals surface area contributed by atoms with Gasteiger partial charge in [0.25, 0.3) is 0 Å². The second-order valence-corrected chi connectivity index (χ2v) is 16.2. The molecule has 14 heteroatoms. The van der Waals surface area contributed by atoms with Crippen molar-refractivity contribution in [3.05, 3.63) is 72.6 Å². The molecule has 2 aliphatic carbocycles. The van der Waals surface area contributed by atoms with E-state index in [1.165, 1.54) is 50.7 Å². The highest BCUT2D eigenvalue weighted by Crippen LogP contribution is 2.47. The average molecular weight is 723 g/mol. The van der Waals surface area contributed by atoms with Crippen LogP contribution >= 0.6 is 15.2 Å². The summed E-state index contributed by atoms with van der Waals surface area (Å²) in [6, 6.07) is 14.7. The van der Waals surface area contributed by atoms with Crippen molar-refractivity contribution in [2.24, 2.45) is 0 Å². The van der Waals surface area contributed by atoms with Gasteiger partial charge in [-0.3, -0.25) is 9.13 Å². The minimum atomic E-state index is -4.22. The normalized spacial score (nSPS) is 15.5. The molecule has 6 rings (SSSR count). The maximum absolute atomic E-state index is 12.9. The summed E-state index contributed by atoms with van der Waals surface area (Å²) in [5.74, 6) is 3.09. The lowest BCUT2D eigenvalue weighted by atomic mass is 10.1. The first-order chi connectivity index (χ1) is 24.0. The fourth-order valence-corrected chi connectivity index (χ4v) is 8.40. The second kappa shape index (κ2) is 17.1. The summed E-state index contributed by atoms with van der Waals surface area (Å²) in [6.45, 7) is 8.03. The third-order valence-corrected chi connectivity index (χ3v) is 11.9. The first-order valence-electron chi connectivity index (χ1n) is 17.4. The highest BCUT2D eigenvalue weighted by molar-refractivity contribution is 7.62. The molecule has 2 aromatic carbocycles. The van der Waals surface area contributed by atoms with Gasteiger partial charge < -0.3 is 29.5 Å². The highest BCUT2D eigenvalue weighted by Gasteiger charge is 2.27. The number of benzene rings is 2. The van der Waals surface area contributed by atoms with Gasteiger partial charge >= 0.3 is 15.2 Å². The van der Waals surface area contributed by atoms with Gasteiger partial charge in [0.15, 0.2) is 0 Å². The van der Waals surface area contributed by atoms with Gasteiger partial charge in [0.05, 0.1) is 23.8 Å². The van der Waals surface area contributed by atoms with E-state index in [1.807, 2.05) is 46.0 Å². The second-order valence-electron chi connectivity index (χ2n) is 12.6. The third kappa shape index (κ3) is 9.84. The number of nitrogens with zero attached hydrogens (tertiary/aromatic N) is 4. The van der Waals surface area contributed by atoms with E-state index >= 15 is 0 Å². The maximum atomic E-state index is 12.9. The van der Waals surface area contributed by atoms with Crippen LogP contribution in [0.4, 0.5) is 11.6 Å². The summed E-state index contributed by atoms with van der Waals surface area (Å²) >= 11 is 0. The van der Waals surface area contributed by atoms with Crippen molar-refractivity contribution < 1.29 is 28.0 Å². The molecule has 0 atom stereocenters. The summed E-state index contributed by atoms with van der Waals surface area (Å²) in [5, 5.41) is 7.64. The van der Waals surface area contributed by atoms with Gasteiger partial charge in [0.1, 0.15) is 23.3 Å². The molecule has 0 unspecified atom stereocenters. The molecule has 268 valence electrons. The first kappa shape index (κ1) is 37.7. The number of hydrogen-bond acceptors (Lipinski definition) is 10. The quantitative estimate of drug-likeness (QED) is 0.108. The number of aromatic nitrogens is 4. The van der Waals surface area contributed by atoms with Crippen molar-refractivity contribution in [1.29, 1.82) is 0 Å². The molecule has 4 N–H and O–H groups in total. The van der Waals surface area contributed by atoms with Gasteiger partial charge in [0.2, 0.25) is 0 Å². The largest absolute Gasteiger partial charge is 0.367 e. The van der Waals surface area contributed by atoms with Gasteiger partial charge in [0, 0.05) is 35.6 Å². The number of anilines is 2. The predicted molar refractivity (Wildman–Crippen MR) is 198 cm³/mol. The van der Waals surface area contributed by atoms with Gasteiger partial charge in [-0.05, 0) is 88.8 Å². The monoisotopic (exact) mass is 722 g/mol. The molecular weight excluding hydrogens is 674 g/mol. The van der Waals surface area contributed by atoms with Crippen LogP contribution in [-0.2, 0) is 18.2 Å². The Hall–Kier alpha value is -3.50. The summed E-state index contributed by atoms with van der Waals surface area (Å²) in [5.41, 5.74) is 3.60. The summed E-state index contributed by atoms with van der Waals surface area (Å²) in [4.78, 5) is 36.2. The molecule has 4 aromatic rings. The SMILES string of the molecule is CCOP(=O)(OCC)c1ccc(-c2cnc(C)nc2NC2CCCC2)cc1.Cc1ncc(-c2ccc(P(=O)(O)O)cc2)c(NC2CCCC2)n1. The van der Waals surface area contributed by atoms with Crippen LogP contribution in [0, 0.1) is 13.8 Å². The smallest absolute Gasteiger partial charge is 0.361 e. The molecule has 2 saturated carbocycles. The Morgan fingerprint density at radius 2 is 1.04 bits per heavy atom. The van der Waals surface area contributed by atoms with Gasteiger partial charge in [-0.25, -0.2) is 19.9 Å². The molecule has 2 heterocycles. The Morgan fingerprint density at radius 1 is 0.660 bits per heavy atom.